The van der Waals surface area contributed by atoms with E-state index in [9.17, 15) is 0 Å². The summed E-state index contributed by atoms with van der Waals surface area (Å²) >= 11 is 0. The number of hydrogen-bond acceptors (Lipinski definition) is 4. The highest BCUT2D eigenvalue weighted by Crippen LogP contribution is 2.29. The van der Waals surface area contributed by atoms with Gasteiger partial charge in [0.15, 0.2) is 0 Å². The van der Waals surface area contributed by atoms with Crippen LogP contribution in [0.3, 0.4) is 0 Å². The summed E-state index contributed by atoms with van der Waals surface area (Å²) in [7, 11) is 1.65. The van der Waals surface area contributed by atoms with Crippen LogP contribution in [0.5, 0.6) is 5.88 Å². The van der Waals surface area contributed by atoms with Crippen molar-refractivity contribution in [1.29, 1.82) is 0 Å². The van der Waals surface area contributed by atoms with E-state index in [0.717, 1.165) is 48.9 Å². The fourth-order valence-corrected chi connectivity index (χ4v) is 4.17. The molecule has 1 aliphatic carbocycles. The van der Waals surface area contributed by atoms with Gasteiger partial charge in [-0.15, -0.1) is 0 Å². The molecule has 0 amide bonds. The molecule has 0 radical (unpaired) electrons. The molecular formula is C21H24N4O. The molecule has 5 nitrogen and oxygen atoms in total. The zero-order chi connectivity index (χ0) is 17.5. The lowest BCUT2D eigenvalue weighted by Crippen LogP contribution is -2.41. The second-order valence-corrected chi connectivity index (χ2v) is 7.32. The van der Waals surface area contributed by atoms with E-state index in [4.69, 9.17) is 9.72 Å². The molecule has 5 heteroatoms. The summed E-state index contributed by atoms with van der Waals surface area (Å²) in [6.45, 7) is 3.32. The molecule has 1 aliphatic heterocycles. The third kappa shape index (κ3) is 2.67. The lowest BCUT2D eigenvalue weighted by atomic mass is 9.91. The Morgan fingerprint density at radius 2 is 1.96 bits per heavy atom. The van der Waals surface area contributed by atoms with Gasteiger partial charge in [-0.1, -0.05) is 18.6 Å². The number of ether oxygens (including phenoxy) is 1. The number of pyridine rings is 1. The van der Waals surface area contributed by atoms with Crippen LogP contribution in [0.2, 0.25) is 0 Å². The number of fused-ring (bicyclic) bond motifs is 3. The Morgan fingerprint density at radius 1 is 1.04 bits per heavy atom. The van der Waals surface area contributed by atoms with Gasteiger partial charge in [0, 0.05) is 43.7 Å². The van der Waals surface area contributed by atoms with Crippen molar-refractivity contribution in [3.8, 4) is 17.1 Å². The Morgan fingerprint density at radius 3 is 2.77 bits per heavy atom. The first-order valence-corrected chi connectivity index (χ1v) is 9.56. The molecule has 134 valence electrons. The zero-order valence-electron chi connectivity index (χ0n) is 15.2. The highest BCUT2D eigenvalue weighted by atomic mass is 16.5. The van der Waals surface area contributed by atoms with Crippen LogP contribution in [-0.2, 0) is 13.0 Å². The molecule has 26 heavy (non-hydrogen) atoms. The molecule has 0 bridgehead atoms. The highest BCUT2D eigenvalue weighted by Gasteiger charge is 2.27. The van der Waals surface area contributed by atoms with Crippen LogP contribution in [0.25, 0.3) is 22.3 Å². The summed E-state index contributed by atoms with van der Waals surface area (Å²) in [6, 6.07) is 13.2. The van der Waals surface area contributed by atoms with Crippen LogP contribution in [0.1, 0.15) is 25.1 Å². The van der Waals surface area contributed by atoms with E-state index in [0.29, 0.717) is 5.88 Å². The number of imidazole rings is 1. The summed E-state index contributed by atoms with van der Waals surface area (Å²) in [5, 5.41) is 0. The smallest absolute Gasteiger partial charge is 0.213 e. The van der Waals surface area contributed by atoms with Crippen molar-refractivity contribution in [2.24, 2.45) is 0 Å². The second kappa shape index (κ2) is 6.40. The van der Waals surface area contributed by atoms with Gasteiger partial charge in [0.2, 0.25) is 5.88 Å². The predicted octanol–water partition coefficient (Wildman–Crippen LogP) is 3.52. The van der Waals surface area contributed by atoms with Crippen molar-refractivity contribution in [3.05, 3.63) is 42.2 Å². The fraction of sp³-hybridized carbons (Fsp3) is 0.429. The largest absolute Gasteiger partial charge is 0.481 e. The number of benzene rings is 1. The average molecular weight is 348 g/mol. The number of methoxy groups -OCH3 is 1. The van der Waals surface area contributed by atoms with Crippen LogP contribution >= 0.6 is 0 Å². The van der Waals surface area contributed by atoms with Gasteiger partial charge in [-0.25, -0.2) is 9.97 Å². The molecule has 1 saturated carbocycles. The van der Waals surface area contributed by atoms with E-state index >= 15 is 0 Å². The molecule has 3 aromatic rings. The first kappa shape index (κ1) is 15.8. The molecule has 2 aromatic heterocycles. The molecular weight excluding hydrogens is 324 g/mol. The van der Waals surface area contributed by atoms with E-state index in [-0.39, 0.29) is 0 Å². The van der Waals surface area contributed by atoms with Crippen molar-refractivity contribution in [2.75, 3.05) is 20.2 Å². The van der Waals surface area contributed by atoms with Gasteiger partial charge < -0.3 is 9.30 Å². The molecule has 0 N–H and O–H groups in total. The Bertz CT molecular complexity index is 944. The first-order valence-electron chi connectivity index (χ1n) is 9.56. The summed E-state index contributed by atoms with van der Waals surface area (Å²) < 4.78 is 7.67. The van der Waals surface area contributed by atoms with Crippen molar-refractivity contribution in [1.82, 2.24) is 19.4 Å². The average Bonchev–Trinajstić information content (AvgIpc) is 2.86. The number of rotatable bonds is 3. The van der Waals surface area contributed by atoms with Crippen LogP contribution < -0.4 is 4.74 Å². The minimum absolute atomic E-state index is 0.638. The van der Waals surface area contributed by atoms with Crippen molar-refractivity contribution in [3.63, 3.8) is 0 Å². The molecule has 5 rings (SSSR count). The van der Waals surface area contributed by atoms with Gasteiger partial charge in [0.25, 0.3) is 0 Å². The van der Waals surface area contributed by atoms with Crippen LogP contribution in [0, 0.1) is 0 Å². The Labute approximate surface area is 153 Å². The third-order valence-corrected chi connectivity index (χ3v) is 5.88. The maximum absolute atomic E-state index is 5.25. The van der Waals surface area contributed by atoms with E-state index < -0.39 is 0 Å². The van der Waals surface area contributed by atoms with E-state index in [2.05, 4.69) is 32.7 Å². The van der Waals surface area contributed by atoms with Gasteiger partial charge in [0.05, 0.1) is 23.8 Å². The normalized spacial score (nSPS) is 18.3. The molecule has 0 atom stereocenters. The zero-order valence-corrected chi connectivity index (χ0v) is 15.2. The lowest BCUT2D eigenvalue weighted by molar-refractivity contribution is 0.130. The van der Waals surface area contributed by atoms with E-state index in [1.807, 2.05) is 18.2 Å². The summed E-state index contributed by atoms with van der Waals surface area (Å²) in [6.07, 6.45) is 5.19. The Kier molecular flexibility index (Phi) is 3.89. The van der Waals surface area contributed by atoms with Crippen molar-refractivity contribution < 1.29 is 4.74 Å². The monoisotopic (exact) mass is 348 g/mol. The number of nitrogens with zero attached hydrogens (tertiary/aromatic N) is 4. The van der Waals surface area contributed by atoms with Crippen LogP contribution in [-0.4, -0.2) is 45.7 Å². The van der Waals surface area contributed by atoms with E-state index in [1.54, 1.807) is 7.11 Å². The molecule has 0 spiro atoms. The van der Waals surface area contributed by atoms with E-state index in [1.165, 1.54) is 30.6 Å². The minimum Gasteiger partial charge on any atom is -0.481 e. The molecule has 3 heterocycles. The summed E-state index contributed by atoms with van der Waals surface area (Å²) in [4.78, 5) is 12.2. The predicted molar refractivity (Wildman–Crippen MR) is 102 cm³/mol. The van der Waals surface area contributed by atoms with Gasteiger partial charge in [-0.2, -0.15) is 0 Å². The van der Waals surface area contributed by atoms with Crippen molar-refractivity contribution in [2.45, 2.75) is 38.3 Å². The molecule has 2 aliphatic rings. The highest BCUT2D eigenvalue weighted by molar-refractivity contribution is 5.82. The van der Waals surface area contributed by atoms with Gasteiger partial charge >= 0.3 is 0 Å². The first-order chi connectivity index (χ1) is 12.8. The maximum Gasteiger partial charge on any atom is 0.213 e. The van der Waals surface area contributed by atoms with Crippen LogP contribution in [0.4, 0.5) is 0 Å². The van der Waals surface area contributed by atoms with Crippen molar-refractivity contribution >= 4 is 11.0 Å². The third-order valence-electron chi connectivity index (χ3n) is 5.88. The Balaban J connectivity index is 1.46. The maximum atomic E-state index is 5.25. The molecule has 1 aromatic carbocycles. The molecule has 1 fully saturated rings. The standard InChI is InChI=1S/C21H24N4O/c1-26-21-7-3-6-17(23-21)15-8-9-19-18(14-15)22-20-10-11-24(12-13-25(19)20)16-4-2-5-16/h3,6-9,14,16H,2,4-5,10-13H2,1H3. The topological polar surface area (TPSA) is 43.2 Å². The number of hydrogen-bond donors (Lipinski definition) is 0. The lowest BCUT2D eigenvalue weighted by Gasteiger charge is -2.36. The number of aromatic nitrogens is 3. The SMILES string of the molecule is COc1cccc(-c2ccc3c(c2)nc2n3CCN(C3CCC3)CC2)n1. The van der Waals surface area contributed by atoms with Gasteiger partial charge in [-0.3, -0.25) is 4.90 Å². The fourth-order valence-electron chi connectivity index (χ4n) is 4.17. The second-order valence-electron chi connectivity index (χ2n) is 7.32. The summed E-state index contributed by atoms with van der Waals surface area (Å²) in [5.74, 6) is 1.86. The minimum atomic E-state index is 0.638. The Hall–Kier alpha value is -2.40. The quantitative estimate of drug-likeness (QED) is 0.726. The van der Waals surface area contributed by atoms with Crippen LogP contribution in [0.15, 0.2) is 36.4 Å². The van der Waals surface area contributed by atoms with Gasteiger partial charge in [0.1, 0.15) is 5.82 Å². The summed E-state index contributed by atoms with van der Waals surface area (Å²) in [5.41, 5.74) is 4.31. The molecule has 0 unspecified atom stereocenters. The molecule has 0 saturated heterocycles. The van der Waals surface area contributed by atoms with Gasteiger partial charge in [-0.05, 0) is 31.0 Å².